The van der Waals surface area contributed by atoms with Crippen molar-refractivity contribution in [2.45, 2.75) is 45.9 Å². The summed E-state index contributed by atoms with van der Waals surface area (Å²) in [5.74, 6) is 0. The molecule has 0 bridgehead atoms. The van der Waals surface area contributed by atoms with Crippen molar-refractivity contribution in [3.05, 3.63) is 34.9 Å². The molecular formula is C15H21NO3. The molecule has 1 aromatic rings. The van der Waals surface area contributed by atoms with Crippen molar-refractivity contribution in [1.82, 2.24) is 4.90 Å². The van der Waals surface area contributed by atoms with Gasteiger partial charge in [0.15, 0.2) is 0 Å². The van der Waals surface area contributed by atoms with Gasteiger partial charge in [0, 0.05) is 13.1 Å². The van der Waals surface area contributed by atoms with Gasteiger partial charge in [-0.05, 0) is 43.9 Å². The highest BCUT2D eigenvalue weighted by atomic mass is 16.6. The summed E-state index contributed by atoms with van der Waals surface area (Å²) in [6, 6.07) is 5.91. The van der Waals surface area contributed by atoms with Crippen molar-refractivity contribution in [3.63, 3.8) is 0 Å². The molecule has 1 aromatic carbocycles. The highest BCUT2D eigenvalue weighted by Crippen LogP contribution is 2.24. The monoisotopic (exact) mass is 263 g/mol. The van der Waals surface area contributed by atoms with E-state index in [4.69, 9.17) is 4.74 Å². The molecule has 1 aliphatic rings. The van der Waals surface area contributed by atoms with Crippen LogP contribution in [-0.4, -0.2) is 28.2 Å². The van der Waals surface area contributed by atoms with Gasteiger partial charge in [-0.3, -0.25) is 0 Å². The average molecular weight is 263 g/mol. The Hall–Kier alpha value is -1.55. The van der Waals surface area contributed by atoms with Crippen molar-refractivity contribution >= 4 is 6.09 Å². The minimum absolute atomic E-state index is 0.00529. The maximum atomic E-state index is 12.1. The fourth-order valence-corrected chi connectivity index (χ4v) is 2.28. The smallest absolute Gasteiger partial charge is 0.410 e. The van der Waals surface area contributed by atoms with Gasteiger partial charge in [-0.25, -0.2) is 4.79 Å². The van der Waals surface area contributed by atoms with Gasteiger partial charge in [0.25, 0.3) is 0 Å². The van der Waals surface area contributed by atoms with E-state index < -0.39 is 5.60 Å². The lowest BCUT2D eigenvalue weighted by Crippen LogP contribution is -2.40. The zero-order valence-corrected chi connectivity index (χ0v) is 11.8. The average Bonchev–Trinajstić information content (AvgIpc) is 2.35. The zero-order valence-electron chi connectivity index (χ0n) is 11.8. The molecule has 0 fully saturated rings. The van der Waals surface area contributed by atoms with Gasteiger partial charge < -0.3 is 14.7 Å². The Kier molecular flexibility index (Phi) is 3.80. The van der Waals surface area contributed by atoms with Crippen molar-refractivity contribution in [2.75, 3.05) is 6.54 Å². The molecule has 1 aliphatic heterocycles. The Morgan fingerprint density at radius 3 is 2.79 bits per heavy atom. The van der Waals surface area contributed by atoms with Crippen LogP contribution in [-0.2, 0) is 24.3 Å². The molecular weight excluding hydrogens is 242 g/mol. The molecule has 0 atom stereocenters. The number of fused-ring (bicyclic) bond motifs is 1. The molecule has 104 valence electrons. The van der Waals surface area contributed by atoms with Crippen LogP contribution in [0.2, 0.25) is 0 Å². The third-order valence-electron chi connectivity index (χ3n) is 3.19. The summed E-state index contributed by atoms with van der Waals surface area (Å²) in [6.45, 7) is 6.77. The summed E-state index contributed by atoms with van der Waals surface area (Å²) < 4.78 is 5.39. The van der Waals surface area contributed by atoms with E-state index in [2.05, 4.69) is 6.07 Å². The van der Waals surface area contributed by atoms with E-state index in [9.17, 15) is 9.90 Å². The first-order valence-corrected chi connectivity index (χ1v) is 6.59. The molecule has 0 saturated carbocycles. The summed E-state index contributed by atoms with van der Waals surface area (Å²) in [5, 5.41) is 9.37. The van der Waals surface area contributed by atoms with Crippen LogP contribution >= 0.6 is 0 Å². The molecule has 4 heteroatoms. The molecule has 0 aliphatic carbocycles. The molecule has 0 spiro atoms. The highest BCUT2D eigenvalue weighted by Gasteiger charge is 2.26. The second kappa shape index (κ2) is 5.21. The van der Waals surface area contributed by atoms with E-state index in [1.54, 1.807) is 4.90 Å². The van der Waals surface area contributed by atoms with Crippen LogP contribution in [0.1, 0.15) is 37.5 Å². The lowest BCUT2D eigenvalue weighted by Gasteiger charge is -2.32. The molecule has 0 radical (unpaired) electrons. The minimum Gasteiger partial charge on any atom is -0.444 e. The maximum Gasteiger partial charge on any atom is 0.410 e. The molecule has 19 heavy (non-hydrogen) atoms. The number of benzene rings is 1. The van der Waals surface area contributed by atoms with Gasteiger partial charge in [-0.2, -0.15) is 0 Å². The lowest BCUT2D eigenvalue weighted by atomic mass is 9.95. The second-order valence-corrected chi connectivity index (χ2v) is 5.86. The Labute approximate surface area is 114 Å². The Morgan fingerprint density at radius 2 is 2.16 bits per heavy atom. The molecule has 1 amide bonds. The van der Waals surface area contributed by atoms with Gasteiger partial charge >= 0.3 is 6.09 Å². The van der Waals surface area contributed by atoms with Crippen LogP contribution in [0.4, 0.5) is 4.79 Å². The number of aliphatic hydroxyl groups excluding tert-OH is 1. The number of amides is 1. The van der Waals surface area contributed by atoms with Gasteiger partial charge in [0.1, 0.15) is 5.60 Å². The molecule has 1 heterocycles. The van der Waals surface area contributed by atoms with E-state index in [0.29, 0.717) is 13.1 Å². The van der Waals surface area contributed by atoms with Gasteiger partial charge in [0.2, 0.25) is 0 Å². The number of hydrogen-bond donors (Lipinski definition) is 1. The summed E-state index contributed by atoms with van der Waals surface area (Å²) >= 11 is 0. The minimum atomic E-state index is -0.478. The quantitative estimate of drug-likeness (QED) is 0.846. The number of carbonyl (C=O) groups excluding carboxylic acids is 1. The molecule has 0 aromatic heterocycles. The first-order valence-electron chi connectivity index (χ1n) is 6.59. The predicted octanol–water partition coefficient (Wildman–Crippen LogP) is 2.47. The van der Waals surface area contributed by atoms with Crippen LogP contribution in [0.25, 0.3) is 0 Å². The van der Waals surface area contributed by atoms with Crippen molar-refractivity contribution in [3.8, 4) is 0 Å². The number of hydrogen-bond acceptors (Lipinski definition) is 3. The zero-order chi connectivity index (χ0) is 14.0. The van der Waals surface area contributed by atoms with Crippen LogP contribution in [0.3, 0.4) is 0 Å². The summed E-state index contributed by atoms with van der Waals surface area (Å²) in [7, 11) is 0. The maximum absolute atomic E-state index is 12.1. The topological polar surface area (TPSA) is 49.8 Å². The first-order chi connectivity index (χ1) is 8.90. The van der Waals surface area contributed by atoms with E-state index in [1.165, 1.54) is 5.56 Å². The standard InChI is InChI=1S/C15H21NO3/c1-15(2,3)19-14(18)16-8-7-11-5-4-6-12(10-17)13(11)9-16/h4-6,17H,7-10H2,1-3H3. The number of rotatable bonds is 1. The SMILES string of the molecule is CC(C)(C)OC(=O)N1CCc2cccc(CO)c2C1. The van der Waals surface area contributed by atoms with Crippen LogP contribution in [0.5, 0.6) is 0 Å². The van der Waals surface area contributed by atoms with E-state index in [1.807, 2.05) is 32.9 Å². The van der Waals surface area contributed by atoms with Crippen LogP contribution in [0.15, 0.2) is 18.2 Å². The predicted molar refractivity (Wildman–Crippen MR) is 72.7 cm³/mol. The number of ether oxygens (including phenoxy) is 1. The van der Waals surface area contributed by atoms with Crippen molar-refractivity contribution < 1.29 is 14.6 Å². The van der Waals surface area contributed by atoms with E-state index in [0.717, 1.165) is 17.5 Å². The molecule has 1 N–H and O–H groups in total. The van der Waals surface area contributed by atoms with E-state index >= 15 is 0 Å². The summed E-state index contributed by atoms with van der Waals surface area (Å²) in [4.78, 5) is 13.8. The molecule has 2 rings (SSSR count). The van der Waals surface area contributed by atoms with Gasteiger partial charge in [-0.1, -0.05) is 18.2 Å². The number of carbonyl (C=O) groups is 1. The summed E-state index contributed by atoms with van der Waals surface area (Å²) in [5.41, 5.74) is 2.69. The Balaban J connectivity index is 2.15. The largest absolute Gasteiger partial charge is 0.444 e. The highest BCUT2D eigenvalue weighted by molar-refractivity contribution is 5.68. The fourth-order valence-electron chi connectivity index (χ4n) is 2.28. The summed E-state index contributed by atoms with van der Waals surface area (Å²) in [6.07, 6.45) is 0.522. The van der Waals surface area contributed by atoms with Crippen LogP contribution in [0, 0.1) is 0 Å². The van der Waals surface area contributed by atoms with Crippen molar-refractivity contribution in [2.24, 2.45) is 0 Å². The van der Waals surface area contributed by atoms with Crippen LogP contribution < -0.4 is 0 Å². The fraction of sp³-hybridized carbons (Fsp3) is 0.533. The molecule has 0 unspecified atom stereocenters. The Morgan fingerprint density at radius 1 is 1.42 bits per heavy atom. The normalized spacial score (nSPS) is 15.1. The first kappa shape index (κ1) is 13.9. The van der Waals surface area contributed by atoms with Gasteiger partial charge in [0.05, 0.1) is 6.61 Å². The van der Waals surface area contributed by atoms with Gasteiger partial charge in [-0.15, -0.1) is 0 Å². The lowest BCUT2D eigenvalue weighted by molar-refractivity contribution is 0.0222. The van der Waals surface area contributed by atoms with E-state index in [-0.39, 0.29) is 12.7 Å². The second-order valence-electron chi connectivity index (χ2n) is 5.86. The molecule has 0 saturated heterocycles. The molecule has 4 nitrogen and oxygen atoms in total. The number of aliphatic hydroxyl groups is 1. The third-order valence-corrected chi connectivity index (χ3v) is 3.19. The number of nitrogens with zero attached hydrogens (tertiary/aromatic N) is 1. The Bertz CT molecular complexity index is 463. The third kappa shape index (κ3) is 3.26. The van der Waals surface area contributed by atoms with Crippen molar-refractivity contribution in [1.29, 1.82) is 0 Å².